The van der Waals surface area contributed by atoms with Crippen LogP contribution in [0.25, 0.3) is 16.0 Å². The van der Waals surface area contributed by atoms with E-state index in [1.165, 1.54) is 18.2 Å². The molecule has 3 heterocycles. The number of aromatic carboxylic acids is 1. The van der Waals surface area contributed by atoms with Crippen molar-refractivity contribution in [2.24, 2.45) is 0 Å². The number of hydrogen-bond acceptors (Lipinski definition) is 5. The molecule has 0 radical (unpaired) electrons. The molecule has 3 aromatic heterocycles. The molecule has 0 bridgehead atoms. The van der Waals surface area contributed by atoms with Crippen LogP contribution in [-0.4, -0.2) is 31.1 Å². The summed E-state index contributed by atoms with van der Waals surface area (Å²) in [6.07, 6.45) is -2.83. The Kier molecular flexibility index (Phi) is 3.30. The molecule has 0 aliphatic rings. The fraction of sp³-hybridized carbons (Fsp3) is 0.0909. The molecular weight excluding hydrogens is 326 g/mol. The minimum absolute atomic E-state index is 0.0556. The molecule has 0 aliphatic heterocycles. The van der Waals surface area contributed by atoms with Crippen molar-refractivity contribution in [2.45, 2.75) is 6.43 Å². The zero-order chi connectivity index (χ0) is 15.1. The van der Waals surface area contributed by atoms with Gasteiger partial charge in [0.05, 0.1) is 0 Å². The third-order valence-corrected chi connectivity index (χ3v) is 3.94. The molecule has 6 nitrogen and oxygen atoms in total. The van der Waals surface area contributed by atoms with Gasteiger partial charge >= 0.3 is 5.97 Å². The summed E-state index contributed by atoms with van der Waals surface area (Å²) in [5.74, 6) is -1.01. The van der Waals surface area contributed by atoms with E-state index in [0.29, 0.717) is 0 Å². The summed E-state index contributed by atoms with van der Waals surface area (Å²) in [5.41, 5.74) is -0.495. The molecule has 10 heteroatoms. The van der Waals surface area contributed by atoms with Gasteiger partial charge in [0.15, 0.2) is 11.0 Å². The highest BCUT2D eigenvalue weighted by Gasteiger charge is 2.24. The van der Waals surface area contributed by atoms with E-state index in [1.807, 2.05) is 0 Å². The van der Waals surface area contributed by atoms with Gasteiger partial charge in [-0.25, -0.2) is 18.3 Å². The average molecular weight is 331 g/mol. The first kappa shape index (κ1) is 13.8. The first-order valence-corrected chi connectivity index (χ1v) is 6.70. The number of carbonyl (C=O) groups is 1. The van der Waals surface area contributed by atoms with Crippen LogP contribution in [0.1, 0.15) is 21.8 Å². The fourth-order valence-electron chi connectivity index (χ4n) is 1.77. The van der Waals surface area contributed by atoms with Gasteiger partial charge in [0.25, 0.3) is 6.43 Å². The standard InChI is InChI=1S/C11H5ClF2N4O2S/c12-6-1-2-7(16-15-6)18-10-4(8(17-18)9(13)14)3-5(21-10)11(19)20/h1-3,9H,(H,19,20). The van der Waals surface area contributed by atoms with Crippen molar-refractivity contribution in [2.75, 3.05) is 0 Å². The Morgan fingerprint density at radius 1 is 1.38 bits per heavy atom. The molecule has 0 spiro atoms. The smallest absolute Gasteiger partial charge is 0.345 e. The summed E-state index contributed by atoms with van der Waals surface area (Å²) >= 11 is 6.46. The maximum absolute atomic E-state index is 13.0. The van der Waals surface area contributed by atoms with E-state index in [1.54, 1.807) is 0 Å². The Hall–Kier alpha value is -2.13. The molecule has 0 fully saturated rings. The number of aromatic nitrogens is 4. The van der Waals surface area contributed by atoms with Crippen molar-refractivity contribution in [1.82, 2.24) is 20.0 Å². The van der Waals surface area contributed by atoms with Crippen LogP contribution in [0.3, 0.4) is 0 Å². The second-order valence-electron chi connectivity index (χ2n) is 3.95. The molecule has 0 unspecified atom stereocenters. The minimum Gasteiger partial charge on any atom is -0.477 e. The first-order chi connectivity index (χ1) is 9.97. The van der Waals surface area contributed by atoms with Gasteiger partial charge in [-0.15, -0.1) is 21.5 Å². The van der Waals surface area contributed by atoms with Gasteiger partial charge in [-0.2, -0.15) is 5.10 Å². The maximum atomic E-state index is 13.0. The lowest BCUT2D eigenvalue weighted by molar-refractivity contribution is 0.0702. The molecule has 0 atom stereocenters. The van der Waals surface area contributed by atoms with Crippen molar-refractivity contribution in [3.05, 3.63) is 33.9 Å². The number of thiophene rings is 1. The van der Waals surface area contributed by atoms with Gasteiger partial charge in [-0.1, -0.05) is 11.6 Å². The Bertz CT molecular complexity index is 831. The van der Waals surface area contributed by atoms with Crippen LogP contribution in [0, 0.1) is 0 Å². The Balaban J connectivity index is 2.26. The van der Waals surface area contributed by atoms with E-state index < -0.39 is 18.1 Å². The second-order valence-corrected chi connectivity index (χ2v) is 5.36. The van der Waals surface area contributed by atoms with E-state index in [2.05, 4.69) is 15.3 Å². The van der Waals surface area contributed by atoms with Crippen LogP contribution in [0.2, 0.25) is 5.15 Å². The fourth-order valence-corrected chi connectivity index (χ4v) is 2.84. The number of carboxylic acids is 1. The average Bonchev–Trinajstić information content (AvgIpc) is 2.98. The van der Waals surface area contributed by atoms with Crippen molar-refractivity contribution in [1.29, 1.82) is 0 Å². The van der Waals surface area contributed by atoms with Crippen LogP contribution in [0.15, 0.2) is 18.2 Å². The largest absolute Gasteiger partial charge is 0.477 e. The monoisotopic (exact) mass is 330 g/mol. The zero-order valence-electron chi connectivity index (χ0n) is 10.00. The highest BCUT2D eigenvalue weighted by molar-refractivity contribution is 7.20. The lowest BCUT2D eigenvalue weighted by atomic mass is 10.3. The van der Waals surface area contributed by atoms with Crippen molar-refractivity contribution < 1.29 is 18.7 Å². The number of fused-ring (bicyclic) bond motifs is 1. The van der Waals surface area contributed by atoms with Gasteiger partial charge in [-0.05, 0) is 18.2 Å². The molecule has 0 aromatic carbocycles. The molecule has 0 aliphatic carbocycles. The normalized spacial score (nSPS) is 11.4. The molecule has 3 aromatic rings. The number of nitrogens with zero attached hydrogens (tertiary/aromatic N) is 4. The summed E-state index contributed by atoms with van der Waals surface area (Å²) in [6, 6.07) is 4.07. The van der Waals surface area contributed by atoms with E-state index in [9.17, 15) is 13.6 Å². The number of carboxylic acid groups (broad SMARTS) is 1. The van der Waals surface area contributed by atoms with E-state index in [4.69, 9.17) is 16.7 Å². The predicted octanol–water partition coefficient (Wildman–Crippen LogP) is 3.17. The number of halogens is 3. The maximum Gasteiger partial charge on any atom is 0.345 e. The molecular formula is C11H5ClF2N4O2S. The Labute approximate surface area is 124 Å². The summed E-state index contributed by atoms with van der Waals surface area (Å²) < 4.78 is 27.2. The molecule has 21 heavy (non-hydrogen) atoms. The van der Waals surface area contributed by atoms with Gasteiger partial charge in [0.2, 0.25) is 0 Å². The van der Waals surface area contributed by atoms with Gasteiger partial charge < -0.3 is 5.11 Å². The van der Waals surface area contributed by atoms with Gasteiger partial charge in [0.1, 0.15) is 15.4 Å². The minimum atomic E-state index is -2.83. The van der Waals surface area contributed by atoms with Crippen LogP contribution in [0.4, 0.5) is 8.78 Å². The third-order valence-electron chi connectivity index (χ3n) is 2.64. The first-order valence-electron chi connectivity index (χ1n) is 5.51. The molecule has 1 N–H and O–H groups in total. The second kappa shape index (κ2) is 5.01. The molecule has 0 saturated carbocycles. The highest BCUT2D eigenvalue weighted by Crippen LogP contribution is 2.34. The lowest BCUT2D eigenvalue weighted by Gasteiger charge is -1.99. The molecule has 0 saturated heterocycles. The van der Waals surface area contributed by atoms with Crippen LogP contribution >= 0.6 is 22.9 Å². The van der Waals surface area contributed by atoms with Crippen LogP contribution in [0.5, 0.6) is 0 Å². The topological polar surface area (TPSA) is 80.9 Å². The third kappa shape index (κ3) is 2.34. The Morgan fingerprint density at radius 2 is 2.14 bits per heavy atom. The molecule has 3 rings (SSSR count). The summed E-state index contributed by atoms with van der Waals surface area (Å²) in [4.78, 5) is 11.2. The molecule has 108 valence electrons. The summed E-state index contributed by atoms with van der Waals surface area (Å²) in [7, 11) is 0. The lowest BCUT2D eigenvalue weighted by Crippen LogP contribution is -2.01. The Morgan fingerprint density at radius 3 is 2.71 bits per heavy atom. The predicted molar refractivity (Wildman–Crippen MR) is 71.5 cm³/mol. The van der Waals surface area contributed by atoms with E-state index in [-0.39, 0.29) is 26.1 Å². The van der Waals surface area contributed by atoms with E-state index >= 15 is 0 Å². The SMILES string of the molecule is O=C(O)c1cc2c(C(F)F)nn(-c3ccc(Cl)nn3)c2s1. The number of rotatable bonds is 3. The van der Waals surface area contributed by atoms with Crippen LogP contribution < -0.4 is 0 Å². The van der Waals surface area contributed by atoms with Gasteiger partial charge in [-0.3, -0.25) is 0 Å². The summed E-state index contributed by atoms with van der Waals surface area (Å²) in [6.45, 7) is 0. The van der Waals surface area contributed by atoms with E-state index in [0.717, 1.165) is 16.0 Å². The van der Waals surface area contributed by atoms with Crippen LogP contribution in [-0.2, 0) is 0 Å². The quantitative estimate of drug-likeness (QED) is 0.797. The van der Waals surface area contributed by atoms with Gasteiger partial charge in [0, 0.05) is 5.39 Å². The number of alkyl halides is 2. The van der Waals surface area contributed by atoms with Crippen molar-refractivity contribution in [3.63, 3.8) is 0 Å². The zero-order valence-corrected chi connectivity index (χ0v) is 11.6. The highest BCUT2D eigenvalue weighted by atomic mass is 35.5. The molecule has 0 amide bonds. The van der Waals surface area contributed by atoms with Crippen molar-refractivity contribution >= 4 is 39.1 Å². The van der Waals surface area contributed by atoms with Crippen molar-refractivity contribution in [3.8, 4) is 5.82 Å². The number of hydrogen-bond donors (Lipinski definition) is 1. The summed E-state index contributed by atoms with van der Waals surface area (Å²) in [5, 5.41) is 20.4.